The van der Waals surface area contributed by atoms with Crippen LogP contribution in [-0.4, -0.2) is 57.6 Å². The number of carbonyl (C=O) groups is 2. The topological polar surface area (TPSA) is 123 Å². The third-order valence-corrected chi connectivity index (χ3v) is 12.2. The van der Waals surface area contributed by atoms with Crippen LogP contribution in [0.2, 0.25) is 10.0 Å². The average molecular weight is 700 g/mol. The Hall–Kier alpha value is -2.77. The molecule has 1 N–H and O–H groups in total. The lowest BCUT2D eigenvalue weighted by Gasteiger charge is -2.52. The number of thiazole rings is 1. The molecule has 4 atom stereocenters. The number of amides is 1. The van der Waals surface area contributed by atoms with Crippen molar-refractivity contribution in [1.82, 2.24) is 9.88 Å². The summed E-state index contributed by atoms with van der Waals surface area (Å²) in [5.74, 6) is -1.61. The molecule has 1 saturated carbocycles. The number of hydrogen-bond donors (Lipinski definition) is 1. The molecule has 2 fully saturated rings. The Morgan fingerprint density at radius 2 is 1.93 bits per heavy atom. The van der Waals surface area contributed by atoms with E-state index in [9.17, 15) is 18.0 Å². The molecule has 45 heavy (non-hydrogen) atoms. The molecule has 1 amide bonds. The standard InChI is InChI=1S/C31H33Cl2FN2O7S2/c1-30(2,3)45(40,41)16-23(17-8-9-17)36-26(18-10-11-21(33)22(34)13-18)27(19-6-5-7-20(32)12-19)43-31(4,28(36)37)14-24-35-15-25(44-24)42-29(38)39/h5-7,10-13,15,17,23,26-27H,8-9,14,16H2,1-4H3,(H,38,39)/t23-,26-,27-,31+/m1/s1. The molecule has 2 heterocycles. The zero-order valence-corrected chi connectivity index (χ0v) is 28.1. The quantitative estimate of drug-likeness (QED) is 0.231. The SMILES string of the molecule is CC(C)(C)S(=O)(=O)C[C@H](C1CC1)N1C(=O)[C@](C)(Cc2ncc(OC(=O)O)s2)O[C@H](c2cccc(Cl)c2)[C@H]1c1ccc(Cl)c(F)c1. The highest BCUT2D eigenvalue weighted by atomic mass is 35.5. The minimum atomic E-state index is -3.72. The first-order valence-corrected chi connectivity index (χ1v) is 17.5. The highest BCUT2D eigenvalue weighted by Crippen LogP contribution is 2.51. The van der Waals surface area contributed by atoms with Gasteiger partial charge in [0.1, 0.15) is 11.9 Å². The number of rotatable bonds is 9. The second-order valence-corrected chi connectivity index (χ2v) is 17.3. The van der Waals surface area contributed by atoms with Gasteiger partial charge >= 0.3 is 6.16 Å². The number of carbonyl (C=O) groups excluding carboxylic acids is 1. The van der Waals surface area contributed by atoms with Crippen LogP contribution in [0.4, 0.5) is 9.18 Å². The van der Waals surface area contributed by atoms with Crippen molar-refractivity contribution in [1.29, 1.82) is 0 Å². The van der Waals surface area contributed by atoms with Gasteiger partial charge in [0.15, 0.2) is 15.4 Å². The molecule has 3 aromatic rings. The molecule has 0 spiro atoms. The maximum Gasteiger partial charge on any atom is 0.512 e. The van der Waals surface area contributed by atoms with Gasteiger partial charge in [-0.2, -0.15) is 0 Å². The van der Waals surface area contributed by atoms with Gasteiger partial charge in [0.2, 0.25) is 5.06 Å². The Balaban J connectivity index is 1.69. The predicted molar refractivity (Wildman–Crippen MR) is 169 cm³/mol. The third kappa shape index (κ3) is 7.15. The molecule has 5 rings (SSSR count). The molecule has 1 saturated heterocycles. The predicted octanol–water partition coefficient (Wildman–Crippen LogP) is 7.28. The van der Waals surface area contributed by atoms with Crippen LogP contribution in [-0.2, 0) is 25.8 Å². The molecule has 0 unspecified atom stereocenters. The highest BCUT2D eigenvalue weighted by Gasteiger charge is 2.56. The lowest BCUT2D eigenvalue weighted by Crippen LogP contribution is -2.62. The second-order valence-electron chi connectivity index (χ2n) is 12.6. The number of ether oxygens (including phenoxy) is 2. The van der Waals surface area contributed by atoms with Crippen LogP contribution >= 0.6 is 34.5 Å². The number of aromatic nitrogens is 1. The first-order chi connectivity index (χ1) is 21.0. The molecule has 1 aromatic heterocycles. The van der Waals surface area contributed by atoms with E-state index in [1.165, 1.54) is 18.3 Å². The van der Waals surface area contributed by atoms with Gasteiger partial charge in [-0.15, -0.1) is 0 Å². The highest BCUT2D eigenvalue weighted by molar-refractivity contribution is 7.92. The lowest BCUT2D eigenvalue weighted by molar-refractivity contribution is -0.202. The van der Waals surface area contributed by atoms with Crippen LogP contribution in [0.1, 0.15) is 68.8 Å². The van der Waals surface area contributed by atoms with Crippen LogP contribution in [0.15, 0.2) is 48.7 Å². The summed E-state index contributed by atoms with van der Waals surface area (Å²) in [4.78, 5) is 31.7. The van der Waals surface area contributed by atoms with E-state index in [1.807, 2.05) is 0 Å². The lowest BCUT2D eigenvalue weighted by atomic mass is 9.85. The summed E-state index contributed by atoms with van der Waals surface area (Å²) < 4.78 is 52.8. The Morgan fingerprint density at radius 3 is 2.53 bits per heavy atom. The summed E-state index contributed by atoms with van der Waals surface area (Å²) in [7, 11) is -3.72. The average Bonchev–Trinajstić information content (AvgIpc) is 3.70. The summed E-state index contributed by atoms with van der Waals surface area (Å²) in [5.41, 5.74) is -0.623. The maximum atomic E-state index is 15.0. The summed E-state index contributed by atoms with van der Waals surface area (Å²) in [6, 6.07) is 9.46. The van der Waals surface area contributed by atoms with E-state index in [0.717, 1.165) is 24.2 Å². The van der Waals surface area contributed by atoms with Gasteiger partial charge in [-0.3, -0.25) is 4.79 Å². The summed E-state index contributed by atoms with van der Waals surface area (Å²) >= 11 is 13.4. The fraction of sp³-hybridized carbons (Fsp3) is 0.452. The molecule has 1 aliphatic carbocycles. The number of morpholine rings is 1. The van der Waals surface area contributed by atoms with Crippen molar-refractivity contribution >= 4 is 56.4 Å². The Bertz CT molecular complexity index is 1720. The number of benzene rings is 2. The molecule has 2 aliphatic rings. The van der Waals surface area contributed by atoms with E-state index >= 15 is 4.39 Å². The molecule has 14 heteroatoms. The molecule has 0 radical (unpaired) electrons. The minimum absolute atomic E-state index is 0.0225. The summed E-state index contributed by atoms with van der Waals surface area (Å²) in [6.45, 7) is 6.47. The van der Waals surface area contributed by atoms with E-state index < -0.39 is 56.3 Å². The molecule has 1 aliphatic heterocycles. The van der Waals surface area contributed by atoms with Crippen molar-refractivity contribution in [3.8, 4) is 5.06 Å². The summed E-state index contributed by atoms with van der Waals surface area (Å²) in [5, 5.41) is 9.73. The Labute approximate surface area is 275 Å². The largest absolute Gasteiger partial charge is 0.512 e. The van der Waals surface area contributed by atoms with Crippen LogP contribution in [0.3, 0.4) is 0 Å². The van der Waals surface area contributed by atoms with Crippen molar-refractivity contribution in [2.24, 2.45) is 5.92 Å². The van der Waals surface area contributed by atoms with E-state index in [-0.39, 0.29) is 28.2 Å². The maximum absolute atomic E-state index is 15.0. The fourth-order valence-electron chi connectivity index (χ4n) is 5.58. The monoisotopic (exact) mass is 698 g/mol. The van der Waals surface area contributed by atoms with Gasteiger partial charge in [-0.05, 0) is 81.8 Å². The molecular weight excluding hydrogens is 666 g/mol. The molecular formula is C31H33Cl2FN2O7S2. The number of nitrogens with zero attached hydrogens (tertiary/aromatic N) is 2. The van der Waals surface area contributed by atoms with Crippen molar-refractivity contribution in [2.75, 3.05) is 5.75 Å². The molecule has 2 aromatic carbocycles. The van der Waals surface area contributed by atoms with E-state index in [4.69, 9.17) is 37.8 Å². The molecule has 9 nitrogen and oxygen atoms in total. The van der Waals surface area contributed by atoms with Gasteiger partial charge < -0.3 is 19.5 Å². The normalized spacial score (nSPS) is 23.2. The number of halogens is 3. The van der Waals surface area contributed by atoms with E-state index in [0.29, 0.717) is 21.2 Å². The van der Waals surface area contributed by atoms with Crippen molar-refractivity contribution in [3.05, 3.63) is 80.7 Å². The Kier molecular flexibility index (Phi) is 9.29. The number of sulfone groups is 1. The van der Waals surface area contributed by atoms with Crippen LogP contribution in [0.25, 0.3) is 0 Å². The zero-order chi connectivity index (χ0) is 32.9. The van der Waals surface area contributed by atoms with Gasteiger partial charge in [0, 0.05) is 17.5 Å². The Morgan fingerprint density at radius 1 is 1.22 bits per heavy atom. The van der Waals surface area contributed by atoms with E-state index in [2.05, 4.69) is 4.98 Å². The smallest absolute Gasteiger partial charge is 0.449 e. The second kappa shape index (κ2) is 12.4. The van der Waals surface area contributed by atoms with Crippen molar-refractivity contribution in [3.63, 3.8) is 0 Å². The van der Waals surface area contributed by atoms with Crippen molar-refractivity contribution < 1.29 is 37.0 Å². The van der Waals surface area contributed by atoms with Gasteiger partial charge in [-0.1, -0.05) is 52.7 Å². The van der Waals surface area contributed by atoms with Crippen LogP contribution in [0, 0.1) is 11.7 Å². The van der Waals surface area contributed by atoms with Crippen LogP contribution in [0.5, 0.6) is 5.06 Å². The van der Waals surface area contributed by atoms with E-state index in [1.54, 1.807) is 62.9 Å². The molecule has 0 bridgehead atoms. The van der Waals surface area contributed by atoms with Gasteiger partial charge in [-0.25, -0.2) is 22.6 Å². The van der Waals surface area contributed by atoms with Gasteiger partial charge in [0.05, 0.1) is 32.8 Å². The van der Waals surface area contributed by atoms with Gasteiger partial charge in [0.25, 0.3) is 5.91 Å². The summed E-state index contributed by atoms with van der Waals surface area (Å²) in [6.07, 6.45) is 0.200. The first-order valence-electron chi connectivity index (χ1n) is 14.3. The number of carboxylic acid groups (broad SMARTS) is 1. The third-order valence-electron chi connectivity index (χ3n) is 8.18. The molecule has 242 valence electrons. The van der Waals surface area contributed by atoms with Crippen molar-refractivity contribution in [2.45, 2.75) is 75.5 Å². The zero-order valence-electron chi connectivity index (χ0n) is 25.0. The minimum Gasteiger partial charge on any atom is -0.449 e. The number of hydrogen-bond acceptors (Lipinski definition) is 8. The fourth-order valence-corrected chi connectivity index (χ4v) is 8.18. The van der Waals surface area contributed by atoms with Crippen LogP contribution < -0.4 is 4.74 Å². The first kappa shape index (κ1) is 33.6.